The Morgan fingerprint density at radius 2 is 2.14 bits per heavy atom. The summed E-state index contributed by atoms with van der Waals surface area (Å²) in [5.41, 5.74) is 0.486. The van der Waals surface area contributed by atoms with Crippen LogP contribution in [0.3, 0.4) is 0 Å². The number of aromatic nitrogens is 3. The van der Waals surface area contributed by atoms with Gasteiger partial charge in [-0.25, -0.2) is 4.39 Å². The minimum atomic E-state index is -0.355. The van der Waals surface area contributed by atoms with Crippen molar-refractivity contribution in [3.05, 3.63) is 42.0 Å². The average Bonchev–Trinajstić information content (AvgIpc) is 2.92. The molecule has 0 fully saturated rings. The molecule has 0 N–H and O–H groups in total. The highest BCUT2D eigenvalue weighted by atomic mass is 32.2. The van der Waals surface area contributed by atoms with Crippen LogP contribution in [-0.2, 0) is 11.3 Å². The first-order chi connectivity index (χ1) is 10.1. The number of hydrogen-bond acceptors (Lipinski definition) is 5. The van der Waals surface area contributed by atoms with Gasteiger partial charge in [0.25, 0.3) is 0 Å². The SMILES string of the molecule is COCCn1cnnc1S[C@H](C)C(=O)c1ccc(F)cc1. The topological polar surface area (TPSA) is 57.0 Å². The molecule has 1 aromatic carbocycles. The summed E-state index contributed by atoms with van der Waals surface area (Å²) in [7, 11) is 1.62. The minimum Gasteiger partial charge on any atom is -0.383 e. The van der Waals surface area contributed by atoms with E-state index in [4.69, 9.17) is 4.74 Å². The number of carbonyl (C=O) groups excluding carboxylic acids is 1. The van der Waals surface area contributed by atoms with Crippen LogP contribution >= 0.6 is 11.8 Å². The van der Waals surface area contributed by atoms with E-state index in [1.54, 1.807) is 20.4 Å². The number of ketones is 1. The second kappa shape index (κ2) is 7.33. The fraction of sp³-hybridized carbons (Fsp3) is 0.357. The first kappa shape index (κ1) is 15.7. The molecular formula is C14H16FN3O2S. The van der Waals surface area contributed by atoms with Crippen molar-refractivity contribution in [2.45, 2.75) is 23.9 Å². The van der Waals surface area contributed by atoms with Gasteiger partial charge in [0.1, 0.15) is 12.1 Å². The Hall–Kier alpha value is -1.73. The number of ether oxygens (including phenoxy) is 1. The highest BCUT2D eigenvalue weighted by molar-refractivity contribution is 8.00. The van der Waals surface area contributed by atoms with E-state index in [-0.39, 0.29) is 16.9 Å². The molecule has 0 aliphatic heterocycles. The number of nitrogens with zero attached hydrogens (tertiary/aromatic N) is 3. The lowest BCUT2D eigenvalue weighted by Crippen LogP contribution is -2.15. The van der Waals surface area contributed by atoms with Crippen LogP contribution in [-0.4, -0.2) is 39.5 Å². The van der Waals surface area contributed by atoms with Gasteiger partial charge in [-0.15, -0.1) is 10.2 Å². The van der Waals surface area contributed by atoms with E-state index < -0.39 is 0 Å². The zero-order chi connectivity index (χ0) is 15.2. The van der Waals surface area contributed by atoms with Crippen LogP contribution in [0.15, 0.2) is 35.7 Å². The molecule has 0 amide bonds. The third-order valence-electron chi connectivity index (χ3n) is 2.90. The van der Waals surface area contributed by atoms with Crippen LogP contribution in [0.5, 0.6) is 0 Å². The fourth-order valence-electron chi connectivity index (χ4n) is 1.74. The highest BCUT2D eigenvalue weighted by Crippen LogP contribution is 2.23. The highest BCUT2D eigenvalue weighted by Gasteiger charge is 2.19. The molecule has 1 heterocycles. The molecule has 0 saturated carbocycles. The number of carbonyl (C=O) groups is 1. The minimum absolute atomic E-state index is 0.0682. The number of hydrogen-bond donors (Lipinski definition) is 0. The van der Waals surface area contributed by atoms with Gasteiger partial charge in [0.05, 0.1) is 11.9 Å². The van der Waals surface area contributed by atoms with Crippen molar-refractivity contribution in [1.82, 2.24) is 14.8 Å². The van der Waals surface area contributed by atoms with Gasteiger partial charge in [-0.3, -0.25) is 4.79 Å². The van der Waals surface area contributed by atoms with E-state index in [1.807, 2.05) is 4.57 Å². The van der Waals surface area contributed by atoms with E-state index in [1.165, 1.54) is 36.0 Å². The van der Waals surface area contributed by atoms with Crippen molar-refractivity contribution in [2.75, 3.05) is 13.7 Å². The van der Waals surface area contributed by atoms with Crippen molar-refractivity contribution in [3.8, 4) is 0 Å². The van der Waals surface area contributed by atoms with Gasteiger partial charge in [0, 0.05) is 19.2 Å². The fourth-order valence-corrected chi connectivity index (χ4v) is 2.67. The predicted molar refractivity (Wildman–Crippen MR) is 77.9 cm³/mol. The average molecular weight is 309 g/mol. The molecule has 1 atom stereocenters. The second-order valence-electron chi connectivity index (χ2n) is 4.43. The largest absolute Gasteiger partial charge is 0.383 e. The van der Waals surface area contributed by atoms with E-state index in [2.05, 4.69) is 10.2 Å². The molecule has 2 rings (SSSR count). The molecular weight excluding hydrogens is 293 g/mol. The molecule has 2 aromatic rings. The Labute approximate surface area is 126 Å². The molecule has 1 aromatic heterocycles. The summed E-state index contributed by atoms with van der Waals surface area (Å²) in [6.07, 6.45) is 1.61. The van der Waals surface area contributed by atoms with Gasteiger partial charge >= 0.3 is 0 Å². The lowest BCUT2D eigenvalue weighted by molar-refractivity contribution is 0.0994. The summed E-state index contributed by atoms with van der Waals surface area (Å²) >= 11 is 1.32. The number of Topliss-reactive ketones (excluding diaryl/α,β-unsaturated/α-hetero) is 1. The first-order valence-electron chi connectivity index (χ1n) is 6.45. The molecule has 0 spiro atoms. The third-order valence-corrected chi connectivity index (χ3v) is 3.99. The van der Waals surface area contributed by atoms with Gasteiger partial charge in [-0.05, 0) is 31.2 Å². The lowest BCUT2D eigenvalue weighted by atomic mass is 10.1. The zero-order valence-corrected chi connectivity index (χ0v) is 12.6. The molecule has 0 unspecified atom stereocenters. The van der Waals surface area contributed by atoms with Gasteiger partial charge in [-0.2, -0.15) is 0 Å². The van der Waals surface area contributed by atoms with Crippen molar-refractivity contribution < 1.29 is 13.9 Å². The van der Waals surface area contributed by atoms with E-state index >= 15 is 0 Å². The van der Waals surface area contributed by atoms with Crippen molar-refractivity contribution in [1.29, 1.82) is 0 Å². The van der Waals surface area contributed by atoms with Crippen LogP contribution in [0.25, 0.3) is 0 Å². The standard InChI is InChI=1S/C14H16FN3O2S/c1-10(13(19)11-3-5-12(15)6-4-11)21-14-17-16-9-18(14)7-8-20-2/h3-6,9-10H,7-8H2,1-2H3/t10-/m1/s1. The van der Waals surface area contributed by atoms with Gasteiger partial charge in [0.2, 0.25) is 0 Å². The van der Waals surface area contributed by atoms with Crippen LogP contribution in [0.1, 0.15) is 17.3 Å². The smallest absolute Gasteiger partial charge is 0.191 e. The molecule has 0 aliphatic rings. The Morgan fingerprint density at radius 1 is 1.43 bits per heavy atom. The third kappa shape index (κ3) is 4.12. The Morgan fingerprint density at radius 3 is 2.81 bits per heavy atom. The number of benzene rings is 1. The maximum Gasteiger partial charge on any atom is 0.191 e. The quantitative estimate of drug-likeness (QED) is 0.581. The van der Waals surface area contributed by atoms with Crippen LogP contribution in [0.2, 0.25) is 0 Å². The van der Waals surface area contributed by atoms with Crippen LogP contribution < -0.4 is 0 Å². The van der Waals surface area contributed by atoms with Crippen LogP contribution in [0, 0.1) is 5.82 Å². The Bertz CT molecular complexity index is 601. The molecule has 0 saturated heterocycles. The summed E-state index contributed by atoms with van der Waals surface area (Å²) in [6, 6.07) is 5.55. The Kier molecular flexibility index (Phi) is 5.46. The number of halogens is 1. The van der Waals surface area contributed by atoms with Gasteiger partial charge in [-0.1, -0.05) is 11.8 Å². The number of methoxy groups -OCH3 is 1. The summed E-state index contributed by atoms with van der Waals surface area (Å²) in [4.78, 5) is 12.3. The summed E-state index contributed by atoms with van der Waals surface area (Å²) in [5.74, 6) is -0.424. The zero-order valence-electron chi connectivity index (χ0n) is 11.8. The maximum absolute atomic E-state index is 12.9. The van der Waals surface area contributed by atoms with E-state index in [9.17, 15) is 9.18 Å². The maximum atomic E-state index is 12.9. The monoisotopic (exact) mass is 309 g/mol. The first-order valence-corrected chi connectivity index (χ1v) is 7.33. The summed E-state index contributed by atoms with van der Waals surface area (Å²) < 4.78 is 19.7. The Balaban J connectivity index is 2.03. The van der Waals surface area contributed by atoms with Crippen molar-refractivity contribution in [3.63, 3.8) is 0 Å². The van der Waals surface area contributed by atoms with Crippen molar-refractivity contribution in [2.24, 2.45) is 0 Å². The van der Waals surface area contributed by atoms with Crippen LogP contribution in [0.4, 0.5) is 4.39 Å². The summed E-state index contributed by atoms with van der Waals surface area (Å²) in [5, 5.41) is 8.18. The van der Waals surface area contributed by atoms with Gasteiger partial charge in [0.15, 0.2) is 10.9 Å². The molecule has 7 heteroatoms. The molecule has 5 nitrogen and oxygen atoms in total. The van der Waals surface area contributed by atoms with E-state index in [0.717, 1.165) is 0 Å². The van der Waals surface area contributed by atoms with Gasteiger partial charge < -0.3 is 9.30 Å². The number of thioether (sulfide) groups is 1. The molecule has 0 bridgehead atoms. The number of rotatable bonds is 7. The molecule has 112 valence electrons. The lowest BCUT2D eigenvalue weighted by Gasteiger charge is -2.11. The second-order valence-corrected chi connectivity index (χ2v) is 5.74. The predicted octanol–water partition coefficient (Wildman–Crippen LogP) is 2.43. The van der Waals surface area contributed by atoms with E-state index in [0.29, 0.717) is 23.9 Å². The summed E-state index contributed by atoms with van der Waals surface area (Å²) in [6.45, 7) is 2.97. The normalized spacial score (nSPS) is 12.3. The molecule has 0 radical (unpaired) electrons. The molecule has 0 aliphatic carbocycles. The van der Waals surface area contributed by atoms with Crippen molar-refractivity contribution >= 4 is 17.5 Å². The molecule has 21 heavy (non-hydrogen) atoms.